The zero-order valence-corrected chi connectivity index (χ0v) is 16.2. The van der Waals surface area contributed by atoms with Gasteiger partial charge < -0.3 is 5.32 Å². The number of thiophene rings is 1. The summed E-state index contributed by atoms with van der Waals surface area (Å²) in [6, 6.07) is 19.0. The van der Waals surface area contributed by atoms with E-state index in [2.05, 4.69) is 10.4 Å². The fourth-order valence-electron chi connectivity index (χ4n) is 3.24. The van der Waals surface area contributed by atoms with Crippen molar-refractivity contribution in [2.75, 3.05) is 6.54 Å². The third-order valence-corrected chi connectivity index (χ3v) is 5.59. The van der Waals surface area contributed by atoms with Gasteiger partial charge in [-0.05, 0) is 29.1 Å². The smallest absolute Gasteiger partial charge is 0.262 e. The molecule has 0 saturated carbocycles. The molecule has 1 aliphatic heterocycles. The average molecular weight is 407 g/mol. The third kappa shape index (κ3) is 4.09. The number of halogens is 1. The molecule has 146 valence electrons. The van der Waals surface area contributed by atoms with Crippen LogP contribution in [0.4, 0.5) is 4.39 Å². The van der Waals surface area contributed by atoms with E-state index in [1.807, 2.05) is 47.8 Å². The quantitative estimate of drug-likeness (QED) is 0.695. The highest BCUT2D eigenvalue weighted by Crippen LogP contribution is 2.33. The second-order valence-electron chi connectivity index (χ2n) is 6.56. The molecule has 1 atom stereocenters. The Bertz CT molecular complexity index is 1050. The molecule has 4 rings (SSSR count). The Morgan fingerprint density at radius 2 is 1.83 bits per heavy atom. The summed E-state index contributed by atoms with van der Waals surface area (Å²) >= 11 is 1.57. The van der Waals surface area contributed by atoms with Crippen LogP contribution < -0.4 is 5.32 Å². The first kappa shape index (κ1) is 19.0. The lowest BCUT2D eigenvalue weighted by Gasteiger charge is -2.22. The van der Waals surface area contributed by atoms with E-state index in [0.29, 0.717) is 6.42 Å². The van der Waals surface area contributed by atoms with E-state index in [1.54, 1.807) is 17.4 Å². The van der Waals surface area contributed by atoms with Crippen LogP contribution >= 0.6 is 11.3 Å². The molecule has 1 N–H and O–H groups in total. The van der Waals surface area contributed by atoms with Crippen molar-refractivity contribution in [1.82, 2.24) is 10.3 Å². The van der Waals surface area contributed by atoms with Gasteiger partial charge in [-0.3, -0.25) is 9.59 Å². The lowest BCUT2D eigenvalue weighted by Crippen LogP contribution is -2.38. The van der Waals surface area contributed by atoms with E-state index in [9.17, 15) is 14.0 Å². The maximum Gasteiger partial charge on any atom is 0.262 e. The predicted molar refractivity (Wildman–Crippen MR) is 110 cm³/mol. The first-order chi connectivity index (χ1) is 14.1. The van der Waals surface area contributed by atoms with Crippen LogP contribution in [0, 0.1) is 5.82 Å². The number of hydrogen-bond acceptors (Lipinski definition) is 4. The minimum absolute atomic E-state index is 0.0934. The Labute approximate surface area is 171 Å². The molecule has 0 fully saturated rings. The van der Waals surface area contributed by atoms with Gasteiger partial charge >= 0.3 is 0 Å². The topological polar surface area (TPSA) is 61.8 Å². The number of carbonyl (C=O) groups excluding carboxylic acids is 2. The van der Waals surface area contributed by atoms with Crippen LogP contribution in [0.1, 0.15) is 33.3 Å². The number of amides is 2. The summed E-state index contributed by atoms with van der Waals surface area (Å²) in [5.41, 5.74) is 1.71. The lowest BCUT2D eigenvalue weighted by atomic mass is 10.0. The Morgan fingerprint density at radius 3 is 2.55 bits per heavy atom. The van der Waals surface area contributed by atoms with Crippen molar-refractivity contribution in [2.24, 2.45) is 5.10 Å². The maximum absolute atomic E-state index is 13.8. The van der Waals surface area contributed by atoms with Gasteiger partial charge in [0.1, 0.15) is 5.82 Å². The highest BCUT2D eigenvalue weighted by Gasteiger charge is 2.33. The third-order valence-electron chi connectivity index (χ3n) is 4.67. The number of rotatable bonds is 5. The summed E-state index contributed by atoms with van der Waals surface area (Å²) in [6.45, 7) is -0.266. The molecule has 0 unspecified atom stereocenters. The highest BCUT2D eigenvalue weighted by atomic mass is 32.1. The minimum atomic E-state index is -0.630. The molecule has 3 aromatic rings. The Kier molecular flexibility index (Phi) is 5.48. The van der Waals surface area contributed by atoms with Crippen LogP contribution in [0.2, 0.25) is 0 Å². The van der Waals surface area contributed by atoms with Gasteiger partial charge in [0, 0.05) is 6.42 Å². The van der Waals surface area contributed by atoms with Gasteiger partial charge in [0.2, 0.25) is 0 Å². The number of carbonyl (C=O) groups is 2. The summed E-state index contributed by atoms with van der Waals surface area (Å²) in [7, 11) is 0. The fraction of sp³-hybridized carbons (Fsp3) is 0.136. The first-order valence-electron chi connectivity index (χ1n) is 9.14. The molecule has 1 aromatic heterocycles. The molecule has 0 aliphatic carbocycles. The lowest BCUT2D eigenvalue weighted by molar-refractivity contribution is -0.131. The maximum atomic E-state index is 13.8. The van der Waals surface area contributed by atoms with Gasteiger partial charge in [-0.25, -0.2) is 9.40 Å². The predicted octanol–water partition coefficient (Wildman–Crippen LogP) is 3.99. The van der Waals surface area contributed by atoms with Crippen molar-refractivity contribution >= 4 is 28.9 Å². The SMILES string of the molecule is O=C(NCC(=O)N1N=C(c2cccs2)C[C@H]1c1ccccc1)c1ccccc1F. The van der Waals surface area contributed by atoms with Crippen molar-refractivity contribution < 1.29 is 14.0 Å². The van der Waals surface area contributed by atoms with E-state index >= 15 is 0 Å². The molecule has 2 aromatic carbocycles. The molecular weight excluding hydrogens is 389 g/mol. The normalized spacial score (nSPS) is 15.8. The molecule has 7 heteroatoms. The second-order valence-corrected chi connectivity index (χ2v) is 7.50. The van der Waals surface area contributed by atoms with Crippen molar-refractivity contribution in [3.63, 3.8) is 0 Å². The van der Waals surface area contributed by atoms with Crippen molar-refractivity contribution in [3.05, 3.63) is 93.9 Å². The average Bonchev–Trinajstić information content (AvgIpc) is 3.42. The molecule has 1 aliphatic rings. The van der Waals surface area contributed by atoms with Crippen LogP contribution in [0.5, 0.6) is 0 Å². The van der Waals surface area contributed by atoms with Crippen LogP contribution in [0.25, 0.3) is 0 Å². The van der Waals surface area contributed by atoms with Gasteiger partial charge in [-0.1, -0.05) is 48.5 Å². The Morgan fingerprint density at radius 1 is 1.07 bits per heavy atom. The molecule has 0 bridgehead atoms. The Balaban J connectivity index is 1.52. The van der Waals surface area contributed by atoms with Gasteiger partial charge in [0.25, 0.3) is 11.8 Å². The molecule has 0 spiro atoms. The monoisotopic (exact) mass is 407 g/mol. The molecule has 5 nitrogen and oxygen atoms in total. The molecule has 0 saturated heterocycles. The molecule has 0 radical (unpaired) electrons. The van der Waals surface area contributed by atoms with Crippen LogP contribution in [0.3, 0.4) is 0 Å². The van der Waals surface area contributed by atoms with E-state index in [-0.39, 0.29) is 24.1 Å². The van der Waals surface area contributed by atoms with Crippen molar-refractivity contribution in [3.8, 4) is 0 Å². The van der Waals surface area contributed by atoms with E-state index in [0.717, 1.165) is 16.2 Å². The largest absolute Gasteiger partial charge is 0.343 e. The number of benzene rings is 2. The van der Waals surface area contributed by atoms with Crippen molar-refractivity contribution in [1.29, 1.82) is 0 Å². The Hall–Kier alpha value is -3.32. The molecule has 2 amide bonds. The summed E-state index contributed by atoms with van der Waals surface area (Å²) in [5.74, 6) is -1.61. The summed E-state index contributed by atoms with van der Waals surface area (Å²) < 4.78 is 13.8. The number of hydrazone groups is 1. The molecular formula is C22H18FN3O2S. The minimum Gasteiger partial charge on any atom is -0.343 e. The summed E-state index contributed by atoms with van der Waals surface area (Å²) in [6.07, 6.45) is 0.595. The number of nitrogens with one attached hydrogen (secondary N) is 1. The summed E-state index contributed by atoms with van der Waals surface area (Å²) in [4.78, 5) is 26.1. The van der Waals surface area contributed by atoms with Crippen LogP contribution in [-0.2, 0) is 4.79 Å². The van der Waals surface area contributed by atoms with E-state index in [1.165, 1.54) is 23.2 Å². The fourth-order valence-corrected chi connectivity index (χ4v) is 3.97. The van der Waals surface area contributed by atoms with Crippen LogP contribution in [0.15, 0.2) is 77.2 Å². The van der Waals surface area contributed by atoms with Gasteiger partial charge in [-0.15, -0.1) is 11.3 Å². The van der Waals surface area contributed by atoms with Gasteiger partial charge in [-0.2, -0.15) is 5.10 Å². The number of hydrogen-bond donors (Lipinski definition) is 1. The van der Waals surface area contributed by atoms with E-state index < -0.39 is 11.7 Å². The second kappa shape index (κ2) is 8.36. The van der Waals surface area contributed by atoms with Crippen LogP contribution in [-0.4, -0.2) is 29.1 Å². The zero-order valence-electron chi connectivity index (χ0n) is 15.4. The standard InChI is InChI=1S/C22H18FN3O2S/c23-17-10-5-4-9-16(17)22(28)24-14-21(27)26-19(15-7-2-1-3-8-15)13-18(25-26)20-11-6-12-29-20/h1-12,19H,13-14H2,(H,24,28)/t19-/m0/s1. The van der Waals surface area contributed by atoms with Gasteiger partial charge in [0.05, 0.1) is 28.7 Å². The highest BCUT2D eigenvalue weighted by molar-refractivity contribution is 7.12. The first-order valence-corrected chi connectivity index (χ1v) is 10.0. The van der Waals surface area contributed by atoms with E-state index in [4.69, 9.17) is 0 Å². The van der Waals surface area contributed by atoms with Crippen molar-refractivity contribution in [2.45, 2.75) is 12.5 Å². The molecule has 2 heterocycles. The van der Waals surface area contributed by atoms with Gasteiger partial charge in [0.15, 0.2) is 0 Å². The number of nitrogens with zero attached hydrogens (tertiary/aromatic N) is 2. The summed E-state index contributed by atoms with van der Waals surface area (Å²) in [5, 5.41) is 10.4. The molecule has 29 heavy (non-hydrogen) atoms. The zero-order chi connectivity index (χ0) is 20.2.